The Morgan fingerprint density at radius 2 is 2.25 bits per heavy atom. The van der Waals surface area contributed by atoms with Crippen LogP contribution in [0, 0.1) is 0 Å². The minimum atomic E-state index is -0.194. The Morgan fingerprint density at radius 3 is 2.25 bits per heavy atom. The number of hydrogen-bond donors (Lipinski definition) is 1. The summed E-state index contributed by atoms with van der Waals surface area (Å²) in [5.41, 5.74) is 0. The fourth-order valence-electron chi connectivity index (χ4n) is 0. The van der Waals surface area contributed by atoms with E-state index in [1.807, 2.05) is 0 Å². The number of thiol groups is 1. The molecule has 1 radical (unpaired) electrons. The number of rotatable bonds is 0. The van der Waals surface area contributed by atoms with Gasteiger partial charge in [-0.2, -0.15) is 0 Å². The van der Waals surface area contributed by atoms with Crippen LogP contribution in [0.2, 0.25) is 0 Å². The van der Waals surface area contributed by atoms with Gasteiger partial charge >= 0.3 is 34.0 Å². The summed E-state index contributed by atoms with van der Waals surface area (Å²) >= 11 is 3.36. The van der Waals surface area contributed by atoms with Crippen LogP contribution < -0.4 is 0 Å². The van der Waals surface area contributed by atoms with Crippen molar-refractivity contribution >= 4 is 29.2 Å². The first-order valence-electron chi connectivity index (χ1n) is 0.591. The molecule has 0 heterocycles. The van der Waals surface area contributed by atoms with Crippen LogP contribution >= 0.6 is 11.0 Å². The van der Waals surface area contributed by atoms with E-state index in [-0.39, 0.29) is 13.4 Å². The van der Waals surface area contributed by atoms with E-state index in [2.05, 4.69) is 11.0 Å². The van der Waals surface area contributed by atoms with Crippen LogP contribution in [0.3, 0.4) is 0 Å². The van der Waals surface area contributed by atoms with Gasteiger partial charge in [0.15, 0.2) is 0 Å². The SMILES string of the molecule is O=C=[Se]S. The van der Waals surface area contributed by atoms with E-state index in [1.54, 1.807) is 4.79 Å². The standard InChI is InChI=1S/CHOSSe/c2-1-4-3/h3H. The Bertz CT molecular complexity index is 46.0. The van der Waals surface area contributed by atoms with E-state index >= 15 is 0 Å². The summed E-state index contributed by atoms with van der Waals surface area (Å²) in [6, 6.07) is 0. The van der Waals surface area contributed by atoms with Gasteiger partial charge in [0.2, 0.25) is 0 Å². The summed E-state index contributed by atoms with van der Waals surface area (Å²) in [5, 5.41) is 0. The summed E-state index contributed by atoms with van der Waals surface area (Å²) in [6.07, 6.45) is 0. The van der Waals surface area contributed by atoms with Crippen molar-refractivity contribution in [1.82, 2.24) is 0 Å². The van der Waals surface area contributed by atoms with E-state index in [9.17, 15) is 0 Å². The maximum absolute atomic E-state index is 9.00. The molecule has 0 aromatic rings. The van der Waals surface area contributed by atoms with Gasteiger partial charge in [-0.1, -0.05) is 0 Å². The molecule has 0 amide bonds. The van der Waals surface area contributed by atoms with E-state index in [0.29, 0.717) is 0 Å². The first-order chi connectivity index (χ1) is 1.91. The van der Waals surface area contributed by atoms with Crippen LogP contribution in [0.5, 0.6) is 0 Å². The molecule has 0 N–H and O–H groups in total. The van der Waals surface area contributed by atoms with Crippen LogP contribution in [0.1, 0.15) is 0 Å². The van der Waals surface area contributed by atoms with Crippen LogP contribution in [-0.4, -0.2) is 18.2 Å². The van der Waals surface area contributed by atoms with Crippen molar-refractivity contribution in [1.29, 1.82) is 0 Å². The van der Waals surface area contributed by atoms with Crippen molar-refractivity contribution in [2.75, 3.05) is 0 Å². The average Bonchev–Trinajstić information content (AvgIpc) is 1.37. The van der Waals surface area contributed by atoms with Crippen LogP contribution in [0.15, 0.2) is 0 Å². The first kappa shape index (κ1) is 4.45. The van der Waals surface area contributed by atoms with Crippen LogP contribution in [0.25, 0.3) is 0 Å². The summed E-state index contributed by atoms with van der Waals surface area (Å²) in [5.74, 6) is 0. The maximum atomic E-state index is 9.00. The summed E-state index contributed by atoms with van der Waals surface area (Å²) in [7, 11) is 0. The molecule has 0 saturated heterocycles. The third kappa shape index (κ3) is 2.45. The van der Waals surface area contributed by atoms with E-state index in [0.717, 1.165) is 0 Å². The van der Waals surface area contributed by atoms with Gasteiger partial charge in [0.25, 0.3) is 0 Å². The van der Waals surface area contributed by atoms with Gasteiger partial charge in [0.1, 0.15) is 0 Å². The van der Waals surface area contributed by atoms with Gasteiger partial charge in [-0.15, -0.1) is 0 Å². The number of carbonyl (C=O) groups excluding carboxylic acids is 1. The normalized spacial score (nSPS) is 4.25. The summed E-state index contributed by atoms with van der Waals surface area (Å²) in [6.45, 7) is 0. The van der Waals surface area contributed by atoms with Gasteiger partial charge in [-0.3, -0.25) is 0 Å². The monoisotopic (exact) mass is 141 g/mol. The number of hydrogen-bond acceptors (Lipinski definition) is 2. The van der Waals surface area contributed by atoms with Crippen LogP contribution in [-0.2, 0) is 4.79 Å². The molecule has 4 heavy (non-hydrogen) atoms. The molecule has 0 aliphatic carbocycles. The fraction of sp³-hybridized carbons (Fsp3) is 0. The van der Waals surface area contributed by atoms with Gasteiger partial charge < -0.3 is 0 Å². The Morgan fingerprint density at radius 1 is 2.00 bits per heavy atom. The third-order valence-corrected chi connectivity index (χ3v) is 0.581. The topological polar surface area (TPSA) is 17.1 Å². The third-order valence-electron chi connectivity index (χ3n) is 0.0373. The summed E-state index contributed by atoms with van der Waals surface area (Å²) < 4.78 is 0. The molecule has 0 aromatic heterocycles. The zero-order valence-corrected chi connectivity index (χ0v) is 4.37. The summed E-state index contributed by atoms with van der Waals surface area (Å²) in [4.78, 5) is 10.6. The predicted molar refractivity (Wildman–Crippen MR) is 20.4 cm³/mol. The second-order valence-electron chi connectivity index (χ2n) is 0.175. The molecule has 3 heteroatoms. The molecular formula is CHOSSe. The molecule has 0 unspecified atom stereocenters. The van der Waals surface area contributed by atoms with Crippen LogP contribution in [0.4, 0.5) is 0 Å². The zero-order chi connectivity index (χ0) is 3.41. The molecular weight excluding hydrogens is 139 g/mol. The molecule has 0 saturated carbocycles. The van der Waals surface area contributed by atoms with Gasteiger partial charge in [0, 0.05) is 0 Å². The molecule has 0 fully saturated rings. The molecule has 0 aromatic carbocycles. The van der Waals surface area contributed by atoms with E-state index in [4.69, 9.17) is 4.79 Å². The van der Waals surface area contributed by atoms with Gasteiger partial charge in [-0.05, 0) is 0 Å². The Balaban J connectivity index is 3.11. The Labute approximate surface area is 34.6 Å². The second kappa shape index (κ2) is 3.45. The van der Waals surface area contributed by atoms with Crippen molar-refractivity contribution in [3.63, 3.8) is 0 Å². The molecule has 0 bridgehead atoms. The first-order valence-corrected chi connectivity index (χ1v) is 4.11. The zero-order valence-electron chi connectivity index (χ0n) is 1.76. The molecule has 0 spiro atoms. The van der Waals surface area contributed by atoms with Gasteiger partial charge in [0.05, 0.1) is 0 Å². The molecule has 0 aliphatic rings. The molecule has 0 atom stereocenters. The average molecular weight is 140 g/mol. The van der Waals surface area contributed by atoms with Crippen molar-refractivity contribution in [2.45, 2.75) is 0 Å². The van der Waals surface area contributed by atoms with Crippen molar-refractivity contribution in [3.8, 4) is 0 Å². The molecule has 1 nitrogen and oxygen atoms in total. The predicted octanol–water partition coefficient (Wildman–Crippen LogP) is -0.397. The van der Waals surface area contributed by atoms with Crippen molar-refractivity contribution in [2.24, 2.45) is 0 Å². The minimum absolute atomic E-state index is 0.194. The molecule has 0 aliphatic heterocycles. The van der Waals surface area contributed by atoms with E-state index < -0.39 is 0 Å². The second-order valence-corrected chi connectivity index (χ2v) is 1.86. The fourth-order valence-corrected chi connectivity index (χ4v) is 0. The molecule has 0 rings (SSSR count). The quantitative estimate of drug-likeness (QED) is 0.358. The van der Waals surface area contributed by atoms with E-state index in [1.165, 1.54) is 0 Å². The van der Waals surface area contributed by atoms with Crippen molar-refractivity contribution < 1.29 is 4.79 Å². The Hall–Kier alpha value is 0.449. The van der Waals surface area contributed by atoms with Crippen molar-refractivity contribution in [3.05, 3.63) is 0 Å². The molecule has 23 valence electrons. The Kier molecular flexibility index (Phi) is 3.84. The van der Waals surface area contributed by atoms with Gasteiger partial charge in [-0.25, -0.2) is 0 Å².